The number of rotatable bonds is 2. The highest BCUT2D eigenvalue weighted by atomic mass is 14.5. The zero-order valence-corrected chi connectivity index (χ0v) is 18.2. The zero-order chi connectivity index (χ0) is 21.1. The molecular formula is C32H26. The molecule has 0 amide bonds. The molecule has 0 bridgehead atoms. The number of benzene rings is 3. The van der Waals surface area contributed by atoms with Gasteiger partial charge >= 0.3 is 0 Å². The molecule has 154 valence electrons. The van der Waals surface area contributed by atoms with Crippen LogP contribution in [0.4, 0.5) is 0 Å². The Balaban J connectivity index is 1.61. The predicted molar refractivity (Wildman–Crippen MR) is 134 cm³/mol. The number of hydrogen-bond acceptors (Lipinski definition) is 0. The fourth-order valence-corrected chi connectivity index (χ4v) is 6.63. The van der Waals surface area contributed by atoms with Gasteiger partial charge in [0.05, 0.1) is 0 Å². The van der Waals surface area contributed by atoms with Gasteiger partial charge in [0.2, 0.25) is 0 Å². The van der Waals surface area contributed by atoms with Crippen LogP contribution in [0.5, 0.6) is 0 Å². The van der Waals surface area contributed by atoms with Crippen LogP contribution in [0.2, 0.25) is 0 Å². The summed E-state index contributed by atoms with van der Waals surface area (Å²) in [5.74, 6) is 0.831. The van der Waals surface area contributed by atoms with Gasteiger partial charge in [-0.05, 0) is 75.8 Å². The molecule has 7 rings (SSSR count). The second-order valence-corrected chi connectivity index (χ2v) is 9.44. The first kappa shape index (κ1) is 18.2. The van der Waals surface area contributed by atoms with Crippen molar-refractivity contribution in [1.29, 1.82) is 0 Å². The number of fused-ring (bicyclic) bond motifs is 4. The van der Waals surface area contributed by atoms with Crippen molar-refractivity contribution in [3.05, 3.63) is 136 Å². The summed E-state index contributed by atoms with van der Waals surface area (Å²) in [7, 11) is 0. The monoisotopic (exact) mass is 410 g/mol. The fourth-order valence-electron chi connectivity index (χ4n) is 6.63. The van der Waals surface area contributed by atoms with Gasteiger partial charge in [-0.25, -0.2) is 0 Å². The SMILES string of the molecule is C1=CCCC(C2c3ccccc3C(c3ccccc3)=C3c4cccc5c4C(=CCC5)C32)=C1. The van der Waals surface area contributed by atoms with Gasteiger partial charge in [-0.15, -0.1) is 0 Å². The van der Waals surface area contributed by atoms with Crippen LogP contribution in [0, 0.1) is 5.92 Å². The first-order chi connectivity index (χ1) is 15.9. The van der Waals surface area contributed by atoms with Crippen molar-refractivity contribution in [1.82, 2.24) is 0 Å². The maximum absolute atomic E-state index is 2.56. The van der Waals surface area contributed by atoms with Gasteiger partial charge in [0.25, 0.3) is 0 Å². The van der Waals surface area contributed by atoms with E-state index in [-0.39, 0.29) is 0 Å². The molecule has 0 aromatic heterocycles. The van der Waals surface area contributed by atoms with Crippen molar-refractivity contribution >= 4 is 16.7 Å². The lowest BCUT2D eigenvalue weighted by atomic mass is 9.65. The van der Waals surface area contributed by atoms with Gasteiger partial charge in [-0.2, -0.15) is 0 Å². The second-order valence-electron chi connectivity index (χ2n) is 9.44. The molecule has 3 aromatic rings. The quantitative estimate of drug-likeness (QED) is 0.402. The van der Waals surface area contributed by atoms with Crippen LogP contribution in [0.15, 0.2) is 103 Å². The molecule has 0 heterocycles. The van der Waals surface area contributed by atoms with Crippen molar-refractivity contribution in [2.45, 2.75) is 31.6 Å². The van der Waals surface area contributed by atoms with Gasteiger partial charge < -0.3 is 0 Å². The number of hydrogen-bond donors (Lipinski definition) is 0. The highest BCUT2D eigenvalue weighted by Crippen LogP contribution is 2.62. The van der Waals surface area contributed by atoms with Crippen molar-refractivity contribution in [3.8, 4) is 0 Å². The van der Waals surface area contributed by atoms with E-state index in [9.17, 15) is 0 Å². The highest BCUT2D eigenvalue weighted by molar-refractivity contribution is 6.11. The smallest absolute Gasteiger partial charge is 0.0211 e. The topological polar surface area (TPSA) is 0 Å². The summed E-state index contributed by atoms with van der Waals surface area (Å²) in [6, 6.07) is 27.3. The normalized spacial score (nSPS) is 22.6. The summed E-state index contributed by atoms with van der Waals surface area (Å²) >= 11 is 0. The Hall–Kier alpha value is -3.38. The summed E-state index contributed by atoms with van der Waals surface area (Å²) in [5, 5.41) is 0. The third-order valence-electron chi connectivity index (χ3n) is 7.83. The zero-order valence-electron chi connectivity index (χ0n) is 18.2. The highest BCUT2D eigenvalue weighted by Gasteiger charge is 2.46. The standard InChI is InChI=1S/C32H26/c1-3-11-22(12-4-1)29-24-17-7-8-18-25(24)30(23-13-5-2-6-14-23)32-27-20-10-16-21-15-9-19-26(28(21)27)31(29)32/h1-5,7-9,11-13,15,17-20,30,32H,6,10,14,16H2. The molecule has 4 aliphatic carbocycles. The minimum atomic E-state index is 0.411. The van der Waals surface area contributed by atoms with Gasteiger partial charge in [-0.1, -0.05) is 103 Å². The van der Waals surface area contributed by atoms with Crippen LogP contribution < -0.4 is 0 Å². The van der Waals surface area contributed by atoms with Gasteiger partial charge in [0, 0.05) is 11.8 Å². The van der Waals surface area contributed by atoms with Crippen molar-refractivity contribution in [2.75, 3.05) is 0 Å². The van der Waals surface area contributed by atoms with Gasteiger partial charge in [0.1, 0.15) is 0 Å². The average Bonchev–Trinajstić information content (AvgIpc) is 3.19. The van der Waals surface area contributed by atoms with Crippen molar-refractivity contribution in [2.24, 2.45) is 5.92 Å². The minimum Gasteiger partial charge on any atom is -0.0842 e. The molecule has 2 atom stereocenters. The fraction of sp³-hybridized carbons (Fsp3) is 0.188. The summed E-state index contributed by atoms with van der Waals surface area (Å²) in [4.78, 5) is 0. The summed E-state index contributed by atoms with van der Waals surface area (Å²) in [6.45, 7) is 0. The van der Waals surface area contributed by atoms with E-state index < -0.39 is 0 Å². The summed E-state index contributed by atoms with van der Waals surface area (Å²) in [5.41, 5.74) is 15.0. The molecule has 0 nitrogen and oxygen atoms in total. The Kier molecular flexibility index (Phi) is 4.02. The lowest BCUT2D eigenvalue weighted by Gasteiger charge is -2.37. The third-order valence-corrected chi connectivity index (χ3v) is 7.83. The molecule has 0 fully saturated rings. The molecule has 0 spiro atoms. The van der Waals surface area contributed by atoms with Crippen LogP contribution in [0.3, 0.4) is 0 Å². The van der Waals surface area contributed by atoms with E-state index in [4.69, 9.17) is 0 Å². The van der Waals surface area contributed by atoms with E-state index >= 15 is 0 Å². The van der Waals surface area contributed by atoms with Gasteiger partial charge in [0.15, 0.2) is 0 Å². The average molecular weight is 411 g/mol. The Morgan fingerprint density at radius 2 is 1.53 bits per heavy atom. The van der Waals surface area contributed by atoms with Crippen LogP contribution in [0.25, 0.3) is 16.7 Å². The number of allylic oxidation sites excluding steroid dienone is 7. The van der Waals surface area contributed by atoms with Crippen LogP contribution in [-0.2, 0) is 6.42 Å². The van der Waals surface area contributed by atoms with E-state index in [0.717, 1.165) is 25.7 Å². The summed E-state index contributed by atoms with van der Waals surface area (Å²) < 4.78 is 0. The van der Waals surface area contributed by atoms with E-state index in [0.29, 0.717) is 11.8 Å². The Morgan fingerprint density at radius 1 is 0.688 bits per heavy atom. The first-order valence-corrected chi connectivity index (χ1v) is 12.0. The van der Waals surface area contributed by atoms with E-state index in [2.05, 4.69) is 97.1 Å². The molecule has 0 saturated heterocycles. The van der Waals surface area contributed by atoms with E-state index in [1.165, 1.54) is 39.0 Å². The predicted octanol–water partition coefficient (Wildman–Crippen LogP) is 7.98. The Bertz CT molecular complexity index is 1360. The first-order valence-electron chi connectivity index (χ1n) is 12.0. The Morgan fingerprint density at radius 3 is 2.41 bits per heavy atom. The van der Waals surface area contributed by atoms with Crippen molar-refractivity contribution < 1.29 is 0 Å². The Labute approximate surface area is 190 Å². The lowest BCUT2D eigenvalue weighted by molar-refractivity contribution is 0.664. The third kappa shape index (κ3) is 2.50. The molecule has 2 unspecified atom stereocenters. The molecule has 0 heteroatoms. The lowest BCUT2D eigenvalue weighted by Crippen LogP contribution is -2.22. The molecule has 0 saturated carbocycles. The molecule has 32 heavy (non-hydrogen) atoms. The van der Waals surface area contributed by atoms with Crippen LogP contribution in [-0.4, -0.2) is 0 Å². The van der Waals surface area contributed by atoms with Crippen LogP contribution in [0.1, 0.15) is 58.6 Å². The van der Waals surface area contributed by atoms with E-state index in [1.54, 1.807) is 16.7 Å². The van der Waals surface area contributed by atoms with Crippen molar-refractivity contribution in [3.63, 3.8) is 0 Å². The van der Waals surface area contributed by atoms with E-state index in [1.807, 2.05) is 0 Å². The molecule has 4 aliphatic rings. The largest absolute Gasteiger partial charge is 0.0842 e. The molecule has 0 radical (unpaired) electrons. The molecule has 0 aliphatic heterocycles. The maximum Gasteiger partial charge on any atom is 0.0211 e. The molecular weight excluding hydrogens is 384 g/mol. The minimum absolute atomic E-state index is 0.411. The number of aryl methyl sites for hydroxylation is 1. The maximum atomic E-state index is 2.56. The van der Waals surface area contributed by atoms with Crippen LogP contribution >= 0.6 is 0 Å². The van der Waals surface area contributed by atoms with Gasteiger partial charge in [-0.3, -0.25) is 0 Å². The molecule has 0 N–H and O–H groups in total. The molecule has 3 aromatic carbocycles. The second kappa shape index (κ2) is 7.07. The summed E-state index contributed by atoms with van der Waals surface area (Å²) in [6.07, 6.45) is 14.2.